The first-order chi connectivity index (χ1) is 8.43. The third-order valence-electron chi connectivity index (χ3n) is 2.00. The van der Waals surface area contributed by atoms with Gasteiger partial charge in [0, 0.05) is 0 Å². The molecule has 106 valence electrons. The molecule has 0 amide bonds. The van der Waals surface area contributed by atoms with E-state index in [2.05, 4.69) is 0 Å². The molecule has 0 aliphatic carbocycles. The van der Waals surface area contributed by atoms with E-state index in [9.17, 15) is 17.6 Å². The van der Waals surface area contributed by atoms with Crippen LogP contribution in [-0.2, 0) is 12.6 Å². The fourth-order valence-corrected chi connectivity index (χ4v) is 1.46. The van der Waals surface area contributed by atoms with Crippen LogP contribution in [0.1, 0.15) is 43.9 Å². The average molecular weight is 266 g/mol. The first-order valence-corrected chi connectivity index (χ1v) is 5.99. The van der Waals surface area contributed by atoms with Crippen LogP contribution in [0.3, 0.4) is 0 Å². The molecule has 0 bridgehead atoms. The summed E-state index contributed by atoms with van der Waals surface area (Å²) in [5.41, 5.74) is 0.893. The van der Waals surface area contributed by atoms with Crippen molar-refractivity contribution in [1.82, 2.24) is 0 Å². The minimum Gasteiger partial charge on any atom is -0.255 e. The lowest BCUT2D eigenvalue weighted by atomic mass is 10.0. The molecule has 1 aromatic carbocycles. The topological polar surface area (TPSA) is 0 Å². The van der Waals surface area contributed by atoms with Crippen molar-refractivity contribution in [1.29, 1.82) is 0 Å². The van der Waals surface area contributed by atoms with Crippen LogP contribution in [0.2, 0.25) is 0 Å². The van der Waals surface area contributed by atoms with Crippen LogP contribution in [-0.4, -0.2) is 7.18 Å². The molecule has 1 aromatic rings. The van der Waals surface area contributed by atoms with Crippen LogP contribution in [0, 0.1) is 6.92 Å². The highest BCUT2D eigenvalue weighted by molar-refractivity contribution is 5.31. The average Bonchev–Trinajstić information content (AvgIpc) is 2.33. The molecule has 1 rings (SSSR count). The van der Waals surface area contributed by atoms with Crippen molar-refractivity contribution in [3.8, 4) is 0 Å². The Hall–Kier alpha value is -1.06. The normalized spacial score (nSPS) is 9.83. The first-order valence-electron chi connectivity index (χ1n) is 5.99. The van der Waals surface area contributed by atoms with Gasteiger partial charge < -0.3 is 0 Å². The number of halogens is 4. The summed E-state index contributed by atoms with van der Waals surface area (Å²) in [4.78, 5) is 0. The van der Waals surface area contributed by atoms with Crippen molar-refractivity contribution in [3.05, 3.63) is 34.9 Å². The van der Waals surface area contributed by atoms with Crippen molar-refractivity contribution in [2.75, 3.05) is 7.18 Å². The Kier molecular flexibility index (Phi) is 10.6. The SMILES string of the molecule is CC.CCCc1cc(C)cc(C(F)(F)F)c1.CF. The molecule has 0 nitrogen and oxygen atoms in total. The summed E-state index contributed by atoms with van der Waals surface area (Å²) >= 11 is 0. The largest absolute Gasteiger partial charge is 0.416 e. The van der Waals surface area contributed by atoms with Gasteiger partial charge in [-0.15, -0.1) is 0 Å². The molecular weight excluding hydrogens is 244 g/mol. The molecule has 0 unspecified atom stereocenters. The molecule has 0 radical (unpaired) electrons. The lowest BCUT2D eigenvalue weighted by Gasteiger charge is -2.09. The summed E-state index contributed by atoms with van der Waals surface area (Å²) in [6, 6.07) is 4.22. The van der Waals surface area contributed by atoms with E-state index in [1.54, 1.807) is 13.0 Å². The van der Waals surface area contributed by atoms with Gasteiger partial charge in [-0.2, -0.15) is 13.2 Å². The van der Waals surface area contributed by atoms with E-state index in [1.165, 1.54) is 12.1 Å². The summed E-state index contributed by atoms with van der Waals surface area (Å²) in [5.74, 6) is 0. The van der Waals surface area contributed by atoms with Gasteiger partial charge in [-0.3, -0.25) is 4.39 Å². The summed E-state index contributed by atoms with van der Waals surface area (Å²) in [7, 11) is 0.500. The number of rotatable bonds is 2. The molecule has 18 heavy (non-hydrogen) atoms. The van der Waals surface area contributed by atoms with Crippen LogP contribution in [0.5, 0.6) is 0 Å². The Labute approximate surface area is 107 Å². The van der Waals surface area contributed by atoms with Crippen LogP contribution < -0.4 is 0 Å². The highest BCUT2D eigenvalue weighted by Gasteiger charge is 2.30. The van der Waals surface area contributed by atoms with E-state index in [1.807, 2.05) is 20.8 Å². The number of aryl methyl sites for hydroxylation is 2. The Morgan fingerprint density at radius 1 is 1.00 bits per heavy atom. The second-order valence-electron chi connectivity index (χ2n) is 3.46. The van der Waals surface area contributed by atoms with Gasteiger partial charge in [0.05, 0.1) is 12.7 Å². The molecule has 0 N–H and O–H groups in total. The van der Waals surface area contributed by atoms with E-state index < -0.39 is 11.7 Å². The second kappa shape index (κ2) is 9.92. The van der Waals surface area contributed by atoms with Gasteiger partial charge in [0.2, 0.25) is 0 Å². The molecule has 0 saturated heterocycles. The maximum Gasteiger partial charge on any atom is 0.416 e. The second-order valence-corrected chi connectivity index (χ2v) is 3.46. The van der Waals surface area contributed by atoms with Gasteiger partial charge in [0.25, 0.3) is 0 Å². The lowest BCUT2D eigenvalue weighted by Crippen LogP contribution is -2.06. The summed E-state index contributed by atoms with van der Waals surface area (Å²) in [6.07, 6.45) is -2.67. The number of alkyl halides is 4. The van der Waals surface area contributed by atoms with Crippen molar-refractivity contribution >= 4 is 0 Å². The van der Waals surface area contributed by atoms with Crippen LogP contribution in [0.15, 0.2) is 18.2 Å². The monoisotopic (exact) mass is 266 g/mol. The van der Waals surface area contributed by atoms with Crippen LogP contribution in [0.25, 0.3) is 0 Å². The maximum atomic E-state index is 12.4. The van der Waals surface area contributed by atoms with E-state index in [0.29, 0.717) is 19.2 Å². The standard InChI is InChI=1S/C11H13F3.C2H6.CH3F/c1-3-4-9-5-8(2)6-10(7-9)11(12,13)14;2*1-2/h5-7H,3-4H2,1-2H3;1-2H3;1H3. The number of benzene rings is 1. The van der Waals surface area contributed by atoms with Gasteiger partial charge in [-0.1, -0.05) is 38.8 Å². The summed E-state index contributed by atoms with van der Waals surface area (Å²) in [5, 5.41) is 0. The third kappa shape index (κ3) is 7.30. The zero-order valence-electron chi connectivity index (χ0n) is 11.7. The molecular formula is C14H22F4. The smallest absolute Gasteiger partial charge is 0.255 e. The van der Waals surface area contributed by atoms with Crippen molar-refractivity contribution in [2.45, 2.75) is 46.7 Å². The van der Waals surface area contributed by atoms with E-state index >= 15 is 0 Å². The van der Waals surface area contributed by atoms with E-state index in [4.69, 9.17) is 0 Å². The lowest BCUT2D eigenvalue weighted by molar-refractivity contribution is -0.137. The minimum atomic E-state index is -4.23. The molecule has 0 aromatic heterocycles. The highest BCUT2D eigenvalue weighted by atomic mass is 19.4. The molecule has 0 saturated carbocycles. The molecule has 0 aliphatic rings. The van der Waals surface area contributed by atoms with Crippen LogP contribution >= 0.6 is 0 Å². The Morgan fingerprint density at radius 3 is 1.89 bits per heavy atom. The Balaban J connectivity index is 0. The van der Waals surface area contributed by atoms with Gasteiger partial charge in [-0.05, 0) is 31.0 Å². The minimum absolute atomic E-state index is 0.500. The van der Waals surface area contributed by atoms with Gasteiger partial charge >= 0.3 is 6.18 Å². The van der Waals surface area contributed by atoms with Crippen molar-refractivity contribution < 1.29 is 17.6 Å². The van der Waals surface area contributed by atoms with Gasteiger partial charge in [0.15, 0.2) is 0 Å². The fraction of sp³-hybridized carbons (Fsp3) is 0.571. The predicted molar refractivity (Wildman–Crippen MR) is 68.6 cm³/mol. The predicted octanol–water partition coefficient (Wildman–Crippen LogP) is 5.58. The van der Waals surface area contributed by atoms with Crippen LogP contribution in [0.4, 0.5) is 17.6 Å². The van der Waals surface area contributed by atoms with Crippen molar-refractivity contribution in [3.63, 3.8) is 0 Å². The molecule has 0 fully saturated rings. The molecule has 0 aliphatic heterocycles. The Morgan fingerprint density at radius 2 is 1.50 bits per heavy atom. The zero-order valence-corrected chi connectivity index (χ0v) is 11.7. The molecule has 0 heterocycles. The van der Waals surface area contributed by atoms with Gasteiger partial charge in [-0.25, -0.2) is 0 Å². The number of hydrogen-bond donors (Lipinski definition) is 0. The number of hydrogen-bond acceptors (Lipinski definition) is 0. The fourth-order valence-electron chi connectivity index (χ4n) is 1.46. The molecule has 4 heteroatoms. The third-order valence-corrected chi connectivity index (χ3v) is 2.00. The maximum absolute atomic E-state index is 12.4. The summed E-state index contributed by atoms with van der Waals surface area (Å²) in [6.45, 7) is 7.64. The molecule has 0 spiro atoms. The first kappa shape index (κ1) is 19.3. The quantitative estimate of drug-likeness (QED) is 0.613. The zero-order chi connectivity index (χ0) is 14.8. The molecule has 0 atom stereocenters. The van der Waals surface area contributed by atoms with E-state index in [0.717, 1.165) is 12.0 Å². The van der Waals surface area contributed by atoms with Gasteiger partial charge in [0.1, 0.15) is 0 Å². The van der Waals surface area contributed by atoms with Crippen molar-refractivity contribution in [2.24, 2.45) is 0 Å². The summed E-state index contributed by atoms with van der Waals surface area (Å²) < 4.78 is 46.7. The highest BCUT2D eigenvalue weighted by Crippen LogP contribution is 2.30. The van der Waals surface area contributed by atoms with E-state index in [-0.39, 0.29) is 0 Å². The Bertz CT molecular complexity index is 316.